The van der Waals surface area contributed by atoms with Crippen LogP contribution in [0, 0.1) is 0 Å². The van der Waals surface area contributed by atoms with Gasteiger partial charge < -0.3 is 4.42 Å². The molecule has 0 spiro atoms. The average Bonchev–Trinajstić information content (AvgIpc) is 3.23. The van der Waals surface area contributed by atoms with Gasteiger partial charge in [0.15, 0.2) is 5.82 Å². The summed E-state index contributed by atoms with van der Waals surface area (Å²) in [6.07, 6.45) is 0. The molecule has 0 aliphatic carbocycles. The van der Waals surface area contributed by atoms with E-state index >= 15 is 0 Å². The quantitative estimate of drug-likeness (QED) is 0.312. The molecular formula is C28H18N2O. The molecule has 2 aromatic heterocycles. The largest absolute Gasteiger partial charge is 0.438 e. The lowest BCUT2D eigenvalue weighted by molar-refractivity contribution is 0.653. The maximum absolute atomic E-state index is 6.12. The van der Waals surface area contributed by atoms with Crippen molar-refractivity contribution in [3.05, 3.63) is 109 Å². The molecule has 0 radical (unpaired) electrons. The van der Waals surface area contributed by atoms with Crippen LogP contribution in [-0.4, -0.2) is 9.97 Å². The first-order valence-corrected chi connectivity index (χ1v) is 10.3. The van der Waals surface area contributed by atoms with Crippen LogP contribution in [0.1, 0.15) is 0 Å². The number of hydrogen-bond acceptors (Lipinski definition) is 3. The Kier molecular flexibility index (Phi) is 4.10. The van der Waals surface area contributed by atoms with Crippen LogP contribution in [0.3, 0.4) is 0 Å². The molecule has 0 aliphatic heterocycles. The Morgan fingerprint density at radius 2 is 1.06 bits per heavy atom. The molecule has 0 unspecified atom stereocenters. The SMILES string of the molecule is c1ccc(-c2ccc(-c3nc(-c4ccccc4)nc4oc5ccccc5c34)cc2)cc1. The number of nitrogens with zero attached hydrogens (tertiary/aromatic N) is 2. The standard InChI is InChI=1S/C28H18N2O/c1-3-9-19(10-4-1)20-15-17-21(18-16-20)26-25-23-13-7-8-14-24(23)31-28(25)30-27(29-26)22-11-5-2-6-12-22/h1-18H. The van der Waals surface area contributed by atoms with Gasteiger partial charge in [-0.05, 0) is 17.2 Å². The summed E-state index contributed by atoms with van der Waals surface area (Å²) in [4.78, 5) is 9.75. The second-order valence-corrected chi connectivity index (χ2v) is 7.48. The van der Waals surface area contributed by atoms with E-state index in [1.807, 2.05) is 54.6 Å². The van der Waals surface area contributed by atoms with E-state index in [1.165, 1.54) is 11.1 Å². The van der Waals surface area contributed by atoms with E-state index in [4.69, 9.17) is 14.4 Å². The summed E-state index contributed by atoms with van der Waals surface area (Å²) in [5, 5.41) is 1.97. The fourth-order valence-electron chi connectivity index (χ4n) is 4.00. The summed E-state index contributed by atoms with van der Waals surface area (Å²) < 4.78 is 6.12. The lowest BCUT2D eigenvalue weighted by Gasteiger charge is -2.08. The van der Waals surface area contributed by atoms with E-state index in [2.05, 4.69) is 54.6 Å². The Labute approximate surface area is 179 Å². The molecule has 0 saturated carbocycles. The van der Waals surface area contributed by atoms with E-state index in [0.29, 0.717) is 11.5 Å². The monoisotopic (exact) mass is 398 g/mol. The minimum Gasteiger partial charge on any atom is -0.438 e. The number of para-hydroxylation sites is 1. The molecule has 6 aromatic rings. The minimum absolute atomic E-state index is 0.609. The summed E-state index contributed by atoms with van der Waals surface area (Å²) in [6, 6.07) is 37.0. The van der Waals surface area contributed by atoms with Crippen LogP contribution in [0.25, 0.3) is 55.8 Å². The summed E-state index contributed by atoms with van der Waals surface area (Å²) in [5.41, 5.74) is 6.68. The zero-order valence-electron chi connectivity index (χ0n) is 16.7. The molecule has 0 aliphatic rings. The number of fused-ring (bicyclic) bond motifs is 3. The van der Waals surface area contributed by atoms with Gasteiger partial charge in [0.05, 0.1) is 11.1 Å². The molecule has 2 heterocycles. The lowest BCUT2D eigenvalue weighted by atomic mass is 10.0. The van der Waals surface area contributed by atoms with E-state index in [0.717, 1.165) is 33.2 Å². The molecule has 0 bridgehead atoms. The maximum atomic E-state index is 6.12. The Balaban J connectivity index is 1.59. The molecule has 146 valence electrons. The van der Waals surface area contributed by atoms with Crippen molar-refractivity contribution >= 4 is 22.1 Å². The molecule has 0 atom stereocenters. The normalized spacial score (nSPS) is 11.2. The van der Waals surface area contributed by atoms with E-state index in [9.17, 15) is 0 Å². The van der Waals surface area contributed by atoms with Gasteiger partial charge in [-0.1, -0.05) is 103 Å². The molecule has 6 rings (SSSR count). The van der Waals surface area contributed by atoms with E-state index in [1.54, 1.807) is 0 Å². The third-order valence-electron chi connectivity index (χ3n) is 5.54. The van der Waals surface area contributed by atoms with Crippen molar-refractivity contribution in [1.29, 1.82) is 0 Å². The van der Waals surface area contributed by atoms with Gasteiger partial charge in [-0.2, -0.15) is 4.98 Å². The lowest BCUT2D eigenvalue weighted by Crippen LogP contribution is -1.93. The topological polar surface area (TPSA) is 38.9 Å². The molecule has 0 amide bonds. The van der Waals surface area contributed by atoms with Gasteiger partial charge in [-0.3, -0.25) is 0 Å². The van der Waals surface area contributed by atoms with Crippen LogP contribution in [0.4, 0.5) is 0 Å². The van der Waals surface area contributed by atoms with Crippen LogP contribution >= 0.6 is 0 Å². The highest BCUT2D eigenvalue weighted by atomic mass is 16.3. The molecule has 0 N–H and O–H groups in total. The molecule has 3 nitrogen and oxygen atoms in total. The molecular weight excluding hydrogens is 380 g/mol. The predicted octanol–water partition coefficient (Wildman–Crippen LogP) is 7.38. The van der Waals surface area contributed by atoms with Gasteiger partial charge in [0.25, 0.3) is 0 Å². The number of furan rings is 1. The molecule has 3 heteroatoms. The highest BCUT2D eigenvalue weighted by Gasteiger charge is 2.17. The highest BCUT2D eigenvalue weighted by molar-refractivity contribution is 6.10. The van der Waals surface area contributed by atoms with Gasteiger partial charge in [0.2, 0.25) is 5.71 Å². The van der Waals surface area contributed by atoms with Crippen LogP contribution in [0.2, 0.25) is 0 Å². The number of hydrogen-bond donors (Lipinski definition) is 0. The van der Waals surface area contributed by atoms with Gasteiger partial charge in [0, 0.05) is 16.5 Å². The first-order chi connectivity index (χ1) is 15.4. The van der Waals surface area contributed by atoms with Gasteiger partial charge in [-0.25, -0.2) is 4.98 Å². The maximum Gasteiger partial charge on any atom is 0.231 e. The third kappa shape index (κ3) is 3.08. The van der Waals surface area contributed by atoms with Crippen LogP contribution < -0.4 is 0 Å². The molecule has 4 aromatic carbocycles. The van der Waals surface area contributed by atoms with Crippen molar-refractivity contribution in [3.63, 3.8) is 0 Å². The van der Waals surface area contributed by atoms with Crippen molar-refractivity contribution in [3.8, 4) is 33.8 Å². The second-order valence-electron chi connectivity index (χ2n) is 7.48. The molecule has 31 heavy (non-hydrogen) atoms. The van der Waals surface area contributed by atoms with Crippen LogP contribution in [0.5, 0.6) is 0 Å². The zero-order chi connectivity index (χ0) is 20.6. The zero-order valence-corrected chi connectivity index (χ0v) is 16.7. The van der Waals surface area contributed by atoms with Crippen molar-refractivity contribution in [2.24, 2.45) is 0 Å². The van der Waals surface area contributed by atoms with Crippen LogP contribution in [0.15, 0.2) is 114 Å². The number of benzene rings is 4. The number of rotatable bonds is 3. The smallest absolute Gasteiger partial charge is 0.231 e. The van der Waals surface area contributed by atoms with Gasteiger partial charge >= 0.3 is 0 Å². The number of aromatic nitrogens is 2. The summed E-state index contributed by atoms with van der Waals surface area (Å²) >= 11 is 0. The van der Waals surface area contributed by atoms with E-state index in [-0.39, 0.29) is 0 Å². The third-order valence-corrected chi connectivity index (χ3v) is 5.54. The second kappa shape index (κ2) is 7.22. The Hall–Kier alpha value is -4.24. The summed E-state index contributed by atoms with van der Waals surface area (Å²) in [5.74, 6) is 0.661. The minimum atomic E-state index is 0.609. The summed E-state index contributed by atoms with van der Waals surface area (Å²) in [7, 11) is 0. The average molecular weight is 398 g/mol. The fourth-order valence-corrected chi connectivity index (χ4v) is 4.00. The first kappa shape index (κ1) is 17.6. The van der Waals surface area contributed by atoms with Crippen molar-refractivity contribution in [2.45, 2.75) is 0 Å². The van der Waals surface area contributed by atoms with Crippen molar-refractivity contribution < 1.29 is 4.42 Å². The summed E-state index contributed by atoms with van der Waals surface area (Å²) in [6.45, 7) is 0. The molecule has 0 fully saturated rings. The Bertz CT molecular complexity index is 1500. The van der Waals surface area contributed by atoms with Gasteiger partial charge in [0.1, 0.15) is 5.58 Å². The Morgan fingerprint density at radius 1 is 0.484 bits per heavy atom. The van der Waals surface area contributed by atoms with Crippen molar-refractivity contribution in [2.75, 3.05) is 0 Å². The first-order valence-electron chi connectivity index (χ1n) is 10.3. The highest BCUT2D eigenvalue weighted by Crippen LogP contribution is 2.36. The van der Waals surface area contributed by atoms with Gasteiger partial charge in [-0.15, -0.1) is 0 Å². The Morgan fingerprint density at radius 3 is 1.81 bits per heavy atom. The molecule has 0 saturated heterocycles. The van der Waals surface area contributed by atoms with Crippen LogP contribution in [-0.2, 0) is 0 Å². The fraction of sp³-hybridized carbons (Fsp3) is 0. The van der Waals surface area contributed by atoms with Crippen molar-refractivity contribution in [1.82, 2.24) is 9.97 Å². The predicted molar refractivity (Wildman–Crippen MR) is 126 cm³/mol. The van der Waals surface area contributed by atoms with E-state index < -0.39 is 0 Å².